The Balaban J connectivity index is 2.17. The van der Waals surface area contributed by atoms with Crippen LogP contribution in [0.25, 0.3) is 22.6 Å². The molecule has 2 aromatic heterocycles. The van der Waals surface area contributed by atoms with Crippen molar-refractivity contribution < 1.29 is 0 Å². The number of pyridine rings is 1. The molecule has 0 aliphatic heterocycles. The van der Waals surface area contributed by atoms with Gasteiger partial charge in [-0.25, -0.2) is 9.97 Å². The summed E-state index contributed by atoms with van der Waals surface area (Å²) in [4.78, 5) is 11.8. The Morgan fingerprint density at radius 1 is 1.24 bits per heavy atom. The maximum Gasteiger partial charge on any atom is 0.178 e. The van der Waals surface area contributed by atoms with Gasteiger partial charge in [-0.05, 0) is 46.3 Å². The molecular formula is C12H7BrClN3. The molecule has 1 N–H and O–H groups in total. The third kappa shape index (κ3) is 1.94. The average molecular weight is 309 g/mol. The highest BCUT2D eigenvalue weighted by Crippen LogP contribution is 2.28. The number of nitrogens with zero attached hydrogens (tertiary/aromatic N) is 2. The van der Waals surface area contributed by atoms with Crippen molar-refractivity contribution in [2.24, 2.45) is 0 Å². The van der Waals surface area contributed by atoms with E-state index in [9.17, 15) is 0 Å². The maximum atomic E-state index is 5.96. The zero-order chi connectivity index (χ0) is 11.8. The maximum absolute atomic E-state index is 5.96. The van der Waals surface area contributed by atoms with Crippen LogP contribution in [-0.4, -0.2) is 15.0 Å². The number of hydrogen-bond donors (Lipinski definition) is 1. The van der Waals surface area contributed by atoms with E-state index in [-0.39, 0.29) is 0 Å². The number of halogens is 2. The van der Waals surface area contributed by atoms with Gasteiger partial charge in [0.25, 0.3) is 0 Å². The standard InChI is InChI=1S/C12H7BrClN3/c13-8-6-7(3-4-9(8)14)11-16-10-2-1-5-15-12(10)17-11/h1-6H,(H,15,16,17). The third-order valence-corrected chi connectivity index (χ3v) is 3.66. The van der Waals surface area contributed by atoms with Crippen LogP contribution >= 0.6 is 27.5 Å². The molecule has 84 valence electrons. The van der Waals surface area contributed by atoms with Crippen molar-refractivity contribution >= 4 is 38.7 Å². The molecule has 0 saturated carbocycles. The average Bonchev–Trinajstić information content (AvgIpc) is 2.76. The van der Waals surface area contributed by atoms with Gasteiger partial charge in [0, 0.05) is 16.2 Å². The topological polar surface area (TPSA) is 41.6 Å². The minimum atomic E-state index is 0.683. The van der Waals surface area contributed by atoms with Gasteiger partial charge in [-0.2, -0.15) is 0 Å². The zero-order valence-electron chi connectivity index (χ0n) is 8.61. The lowest BCUT2D eigenvalue weighted by Gasteiger charge is -1.99. The molecule has 0 aliphatic carbocycles. The molecule has 0 spiro atoms. The molecule has 17 heavy (non-hydrogen) atoms. The number of hydrogen-bond acceptors (Lipinski definition) is 2. The van der Waals surface area contributed by atoms with E-state index in [1.54, 1.807) is 6.20 Å². The van der Waals surface area contributed by atoms with Crippen LogP contribution in [0.3, 0.4) is 0 Å². The van der Waals surface area contributed by atoms with Gasteiger partial charge < -0.3 is 4.98 Å². The summed E-state index contributed by atoms with van der Waals surface area (Å²) in [7, 11) is 0. The van der Waals surface area contributed by atoms with E-state index < -0.39 is 0 Å². The van der Waals surface area contributed by atoms with Gasteiger partial charge in [-0.15, -0.1) is 0 Å². The van der Waals surface area contributed by atoms with E-state index in [1.807, 2.05) is 30.3 Å². The lowest BCUT2D eigenvalue weighted by atomic mass is 10.2. The molecule has 5 heteroatoms. The van der Waals surface area contributed by atoms with Crippen molar-refractivity contribution in [1.29, 1.82) is 0 Å². The molecule has 0 saturated heterocycles. The molecule has 0 atom stereocenters. The molecule has 0 fully saturated rings. The fraction of sp³-hybridized carbons (Fsp3) is 0. The highest BCUT2D eigenvalue weighted by molar-refractivity contribution is 9.10. The molecule has 2 heterocycles. The number of fused-ring (bicyclic) bond motifs is 1. The third-order valence-electron chi connectivity index (χ3n) is 2.45. The van der Waals surface area contributed by atoms with Gasteiger partial charge >= 0.3 is 0 Å². The lowest BCUT2D eigenvalue weighted by Crippen LogP contribution is -1.80. The fourth-order valence-corrected chi connectivity index (χ4v) is 2.12. The fourth-order valence-electron chi connectivity index (χ4n) is 1.63. The lowest BCUT2D eigenvalue weighted by molar-refractivity contribution is 1.30. The Hall–Kier alpha value is -1.39. The van der Waals surface area contributed by atoms with E-state index in [2.05, 4.69) is 30.9 Å². The Morgan fingerprint density at radius 3 is 2.88 bits per heavy atom. The minimum absolute atomic E-state index is 0.683. The van der Waals surface area contributed by atoms with Crippen molar-refractivity contribution in [2.45, 2.75) is 0 Å². The number of aromatic amines is 1. The van der Waals surface area contributed by atoms with Crippen LogP contribution in [-0.2, 0) is 0 Å². The monoisotopic (exact) mass is 307 g/mol. The van der Waals surface area contributed by atoms with Crippen molar-refractivity contribution in [3.8, 4) is 11.4 Å². The van der Waals surface area contributed by atoms with Gasteiger partial charge in [0.2, 0.25) is 0 Å². The van der Waals surface area contributed by atoms with Crippen LogP contribution in [0.4, 0.5) is 0 Å². The van der Waals surface area contributed by atoms with Crippen LogP contribution in [0.1, 0.15) is 0 Å². The molecular weight excluding hydrogens is 302 g/mol. The Kier molecular flexibility index (Phi) is 2.61. The zero-order valence-corrected chi connectivity index (χ0v) is 11.0. The minimum Gasteiger partial charge on any atom is -0.337 e. The summed E-state index contributed by atoms with van der Waals surface area (Å²) in [6, 6.07) is 9.51. The van der Waals surface area contributed by atoms with E-state index >= 15 is 0 Å². The second-order valence-electron chi connectivity index (χ2n) is 3.59. The highest BCUT2D eigenvalue weighted by atomic mass is 79.9. The second-order valence-corrected chi connectivity index (χ2v) is 4.85. The van der Waals surface area contributed by atoms with Gasteiger partial charge in [0.05, 0.1) is 10.5 Å². The van der Waals surface area contributed by atoms with E-state index in [0.717, 1.165) is 21.4 Å². The summed E-state index contributed by atoms with van der Waals surface area (Å²) < 4.78 is 0.852. The normalized spacial score (nSPS) is 10.9. The van der Waals surface area contributed by atoms with E-state index in [4.69, 9.17) is 11.6 Å². The SMILES string of the molecule is Clc1ccc(-c2nc3ncccc3[nH]2)cc1Br. The summed E-state index contributed by atoms with van der Waals surface area (Å²) in [5.41, 5.74) is 2.61. The van der Waals surface area contributed by atoms with Gasteiger partial charge in [-0.1, -0.05) is 11.6 Å². The smallest absolute Gasteiger partial charge is 0.178 e. The largest absolute Gasteiger partial charge is 0.337 e. The predicted molar refractivity (Wildman–Crippen MR) is 72.0 cm³/mol. The number of H-pyrrole nitrogens is 1. The molecule has 0 bridgehead atoms. The molecule has 0 radical (unpaired) electrons. The molecule has 0 amide bonds. The van der Waals surface area contributed by atoms with Crippen LogP contribution < -0.4 is 0 Å². The van der Waals surface area contributed by atoms with Crippen molar-refractivity contribution in [2.75, 3.05) is 0 Å². The summed E-state index contributed by atoms with van der Waals surface area (Å²) in [5.74, 6) is 0.788. The summed E-state index contributed by atoms with van der Waals surface area (Å²) in [6.45, 7) is 0. The van der Waals surface area contributed by atoms with E-state index in [1.165, 1.54) is 0 Å². The first kappa shape index (κ1) is 10.7. The number of aromatic nitrogens is 3. The number of benzene rings is 1. The molecule has 1 aromatic carbocycles. The quantitative estimate of drug-likeness (QED) is 0.737. The van der Waals surface area contributed by atoms with Gasteiger partial charge in [0.15, 0.2) is 5.65 Å². The number of imidazole rings is 1. The summed E-state index contributed by atoms with van der Waals surface area (Å²) in [5, 5.41) is 0.683. The molecule has 3 rings (SSSR count). The van der Waals surface area contributed by atoms with Crippen molar-refractivity contribution in [1.82, 2.24) is 15.0 Å². The van der Waals surface area contributed by atoms with Crippen LogP contribution in [0, 0.1) is 0 Å². The Morgan fingerprint density at radius 2 is 2.12 bits per heavy atom. The van der Waals surface area contributed by atoms with Crippen molar-refractivity contribution in [3.63, 3.8) is 0 Å². The van der Waals surface area contributed by atoms with Crippen molar-refractivity contribution in [3.05, 3.63) is 46.0 Å². The highest BCUT2D eigenvalue weighted by Gasteiger charge is 2.07. The number of nitrogens with one attached hydrogen (secondary N) is 1. The van der Waals surface area contributed by atoms with E-state index in [0.29, 0.717) is 10.7 Å². The molecule has 3 aromatic rings. The summed E-state index contributed by atoms with van der Waals surface area (Å²) >= 11 is 9.35. The Bertz CT molecular complexity index is 660. The van der Waals surface area contributed by atoms with Crippen LogP contribution in [0.5, 0.6) is 0 Å². The first-order valence-corrected chi connectivity index (χ1v) is 6.17. The first-order valence-electron chi connectivity index (χ1n) is 5.00. The molecule has 0 unspecified atom stereocenters. The molecule has 0 aliphatic rings. The Labute approximate surface area is 111 Å². The van der Waals surface area contributed by atoms with Crippen LogP contribution in [0.15, 0.2) is 41.0 Å². The van der Waals surface area contributed by atoms with Crippen LogP contribution in [0.2, 0.25) is 5.02 Å². The van der Waals surface area contributed by atoms with Gasteiger partial charge in [0.1, 0.15) is 5.82 Å². The first-order chi connectivity index (χ1) is 8.24. The second kappa shape index (κ2) is 4.13. The molecule has 3 nitrogen and oxygen atoms in total. The number of rotatable bonds is 1. The van der Waals surface area contributed by atoms with Gasteiger partial charge in [-0.3, -0.25) is 0 Å². The summed E-state index contributed by atoms with van der Waals surface area (Å²) in [6.07, 6.45) is 1.73. The predicted octanol–water partition coefficient (Wildman–Crippen LogP) is 4.04.